The van der Waals surface area contributed by atoms with Crippen LogP contribution in [0.4, 0.5) is 0 Å². The van der Waals surface area contributed by atoms with Crippen LogP contribution >= 0.6 is 0 Å². The van der Waals surface area contributed by atoms with E-state index in [9.17, 15) is 5.11 Å². The molecule has 0 heterocycles. The van der Waals surface area contributed by atoms with Crippen molar-refractivity contribution >= 4 is 0 Å². The van der Waals surface area contributed by atoms with Crippen LogP contribution in [0.1, 0.15) is 44.7 Å². The number of benzene rings is 2. The topological polar surface area (TPSA) is 20.2 Å². The fourth-order valence-corrected chi connectivity index (χ4v) is 2.27. The lowest BCUT2D eigenvalue weighted by atomic mass is 9.86. The molecule has 2 aromatic rings. The average Bonchev–Trinajstić information content (AvgIpc) is 2.46. The summed E-state index contributed by atoms with van der Waals surface area (Å²) in [5, 5.41) is 9.18. The zero-order valence-electron chi connectivity index (χ0n) is 12.9. The van der Waals surface area contributed by atoms with Gasteiger partial charge in [-0.15, -0.1) is 0 Å². The molecule has 0 aromatic heterocycles. The number of hydrogen-bond donors (Lipinski definition) is 1. The van der Waals surface area contributed by atoms with Crippen LogP contribution in [0.25, 0.3) is 11.1 Å². The summed E-state index contributed by atoms with van der Waals surface area (Å²) in [6.07, 6.45) is 0. The van der Waals surface area contributed by atoms with Crippen molar-refractivity contribution in [2.45, 2.75) is 39.0 Å². The number of hydrogen-bond acceptors (Lipinski definition) is 1. The van der Waals surface area contributed by atoms with Crippen molar-refractivity contribution < 1.29 is 5.11 Å². The summed E-state index contributed by atoms with van der Waals surface area (Å²) in [5.41, 5.74) is 5.19. The van der Waals surface area contributed by atoms with E-state index in [1.165, 1.54) is 22.3 Å². The number of rotatable bonds is 3. The first-order valence-electron chi connectivity index (χ1n) is 7.23. The van der Waals surface area contributed by atoms with Crippen LogP contribution in [-0.2, 0) is 5.41 Å². The van der Waals surface area contributed by atoms with Gasteiger partial charge in [-0.2, -0.15) is 0 Å². The zero-order valence-corrected chi connectivity index (χ0v) is 12.9. The zero-order chi connectivity index (χ0) is 14.8. The van der Waals surface area contributed by atoms with Crippen molar-refractivity contribution in [3.8, 4) is 11.1 Å². The standard InChI is InChI=1S/C19H24O/c1-14(13-20)15-5-7-16(8-6-15)17-9-11-18(12-10-17)19(2,3)4/h5-12,14,20H,13H2,1-4H3/t14-/m1/s1. The highest BCUT2D eigenvalue weighted by Crippen LogP contribution is 2.27. The molecule has 0 fully saturated rings. The Morgan fingerprint density at radius 3 is 1.70 bits per heavy atom. The summed E-state index contributed by atoms with van der Waals surface area (Å²) in [6, 6.07) is 17.3. The molecule has 0 saturated carbocycles. The third kappa shape index (κ3) is 3.29. The van der Waals surface area contributed by atoms with Crippen LogP contribution in [0.15, 0.2) is 48.5 Å². The van der Waals surface area contributed by atoms with Gasteiger partial charge in [-0.25, -0.2) is 0 Å². The van der Waals surface area contributed by atoms with Gasteiger partial charge in [0, 0.05) is 12.5 Å². The number of aliphatic hydroxyl groups excluding tert-OH is 1. The third-order valence-electron chi connectivity index (χ3n) is 3.84. The molecule has 0 radical (unpaired) electrons. The smallest absolute Gasteiger partial charge is 0.0497 e. The van der Waals surface area contributed by atoms with Crippen molar-refractivity contribution in [2.24, 2.45) is 0 Å². The minimum Gasteiger partial charge on any atom is -0.396 e. The van der Waals surface area contributed by atoms with E-state index in [0.29, 0.717) is 0 Å². The first-order valence-corrected chi connectivity index (χ1v) is 7.23. The first kappa shape index (κ1) is 14.8. The lowest BCUT2D eigenvalue weighted by Crippen LogP contribution is -2.10. The predicted octanol–water partition coefficient (Wildman–Crippen LogP) is 4.75. The highest BCUT2D eigenvalue weighted by Gasteiger charge is 2.13. The van der Waals surface area contributed by atoms with Gasteiger partial charge in [0.15, 0.2) is 0 Å². The second-order valence-electron chi connectivity index (χ2n) is 6.53. The molecule has 2 rings (SSSR count). The van der Waals surface area contributed by atoms with Gasteiger partial charge in [0.2, 0.25) is 0 Å². The van der Waals surface area contributed by atoms with Crippen LogP contribution < -0.4 is 0 Å². The van der Waals surface area contributed by atoms with Gasteiger partial charge in [-0.3, -0.25) is 0 Å². The minimum atomic E-state index is 0.193. The highest BCUT2D eigenvalue weighted by atomic mass is 16.3. The fourth-order valence-electron chi connectivity index (χ4n) is 2.27. The summed E-state index contributed by atoms with van der Waals surface area (Å²) in [5.74, 6) is 0.201. The van der Waals surface area contributed by atoms with Crippen LogP contribution in [-0.4, -0.2) is 11.7 Å². The largest absolute Gasteiger partial charge is 0.396 e. The van der Waals surface area contributed by atoms with Crippen molar-refractivity contribution in [3.63, 3.8) is 0 Å². The van der Waals surface area contributed by atoms with Crippen LogP contribution in [0, 0.1) is 0 Å². The molecule has 0 bridgehead atoms. The van der Waals surface area contributed by atoms with Gasteiger partial charge in [0.25, 0.3) is 0 Å². The summed E-state index contributed by atoms with van der Waals surface area (Å²) in [6.45, 7) is 8.92. The molecule has 2 aromatic carbocycles. The van der Waals surface area contributed by atoms with Crippen molar-refractivity contribution in [1.29, 1.82) is 0 Å². The minimum absolute atomic E-state index is 0.193. The molecular formula is C19H24O. The Balaban J connectivity index is 2.24. The normalized spacial score (nSPS) is 13.2. The Labute approximate surface area is 122 Å². The van der Waals surface area contributed by atoms with Gasteiger partial charge in [0.05, 0.1) is 0 Å². The Morgan fingerprint density at radius 1 is 0.850 bits per heavy atom. The quantitative estimate of drug-likeness (QED) is 0.852. The number of aliphatic hydroxyl groups is 1. The van der Waals surface area contributed by atoms with Crippen molar-refractivity contribution in [2.75, 3.05) is 6.61 Å². The molecule has 0 saturated heterocycles. The van der Waals surface area contributed by atoms with Gasteiger partial charge in [-0.05, 0) is 27.7 Å². The summed E-state index contributed by atoms with van der Waals surface area (Å²) >= 11 is 0. The third-order valence-corrected chi connectivity index (χ3v) is 3.84. The monoisotopic (exact) mass is 268 g/mol. The molecule has 1 heteroatoms. The van der Waals surface area contributed by atoms with Crippen LogP contribution in [0.3, 0.4) is 0 Å². The molecule has 1 N–H and O–H groups in total. The van der Waals surface area contributed by atoms with E-state index in [2.05, 4.69) is 69.3 Å². The molecule has 0 amide bonds. The predicted molar refractivity (Wildman–Crippen MR) is 86.1 cm³/mol. The molecule has 20 heavy (non-hydrogen) atoms. The van der Waals surface area contributed by atoms with Crippen molar-refractivity contribution in [3.05, 3.63) is 59.7 Å². The summed E-state index contributed by atoms with van der Waals surface area (Å²) in [7, 11) is 0. The summed E-state index contributed by atoms with van der Waals surface area (Å²) in [4.78, 5) is 0. The van der Waals surface area contributed by atoms with E-state index in [1.807, 2.05) is 6.92 Å². The van der Waals surface area contributed by atoms with E-state index in [1.54, 1.807) is 0 Å². The second kappa shape index (κ2) is 5.80. The van der Waals surface area contributed by atoms with Crippen molar-refractivity contribution in [1.82, 2.24) is 0 Å². The molecule has 0 spiro atoms. The Kier molecular flexibility index (Phi) is 4.29. The average molecular weight is 268 g/mol. The van der Waals surface area contributed by atoms with Crippen LogP contribution in [0.2, 0.25) is 0 Å². The highest BCUT2D eigenvalue weighted by molar-refractivity contribution is 5.64. The van der Waals surface area contributed by atoms with Gasteiger partial charge in [-0.1, -0.05) is 76.2 Å². The summed E-state index contributed by atoms with van der Waals surface area (Å²) < 4.78 is 0. The van der Waals surface area contributed by atoms with E-state index in [0.717, 1.165) is 0 Å². The lowest BCUT2D eigenvalue weighted by Gasteiger charge is -2.19. The SMILES string of the molecule is C[C@H](CO)c1ccc(-c2ccc(C(C)(C)C)cc2)cc1. The van der Waals surface area contributed by atoms with E-state index < -0.39 is 0 Å². The first-order chi connectivity index (χ1) is 9.41. The van der Waals surface area contributed by atoms with Gasteiger partial charge < -0.3 is 5.11 Å². The molecule has 0 aliphatic heterocycles. The van der Waals surface area contributed by atoms with E-state index in [-0.39, 0.29) is 17.9 Å². The molecule has 1 nitrogen and oxygen atoms in total. The molecule has 1 atom stereocenters. The molecular weight excluding hydrogens is 244 g/mol. The van der Waals surface area contributed by atoms with Gasteiger partial charge in [0.1, 0.15) is 0 Å². The maximum atomic E-state index is 9.18. The van der Waals surface area contributed by atoms with Gasteiger partial charge >= 0.3 is 0 Å². The molecule has 0 aliphatic carbocycles. The maximum absolute atomic E-state index is 9.18. The second-order valence-corrected chi connectivity index (χ2v) is 6.53. The Morgan fingerprint density at radius 2 is 1.30 bits per heavy atom. The maximum Gasteiger partial charge on any atom is 0.0497 e. The molecule has 0 unspecified atom stereocenters. The Hall–Kier alpha value is -1.60. The lowest BCUT2D eigenvalue weighted by molar-refractivity contribution is 0.273. The van der Waals surface area contributed by atoms with E-state index in [4.69, 9.17) is 0 Å². The molecule has 106 valence electrons. The van der Waals surface area contributed by atoms with Crippen LogP contribution in [0.5, 0.6) is 0 Å². The molecule has 0 aliphatic rings. The fraction of sp³-hybridized carbons (Fsp3) is 0.368. The van der Waals surface area contributed by atoms with E-state index >= 15 is 0 Å². The Bertz CT molecular complexity index is 544.